The minimum absolute atomic E-state index is 0.145. The van der Waals surface area contributed by atoms with Crippen LogP contribution in [0.4, 0.5) is 0 Å². The van der Waals surface area contributed by atoms with Crippen molar-refractivity contribution in [1.29, 1.82) is 5.26 Å². The number of hydrogen-bond donors (Lipinski definition) is 1. The van der Waals surface area contributed by atoms with Gasteiger partial charge in [-0.1, -0.05) is 6.07 Å². The number of aryl methyl sites for hydroxylation is 1. The first kappa shape index (κ1) is 15.1. The third-order valence-electron chi connectivity index (χ3n) is 2.78. The van der Waals surface area contributed by atoms with E-state index in [9.17, 15) is 4.79 Å². The Labute approximate surface area is 127 Å². The first-order valence-corrected chi connectivity index (χ1v) is 7.46. The fourth-order valence-electron chi connectivity index (χ4n) is 1.71. The van der Waals surface area contributed by atoms with Crippen LogP contribution in [0.3, 0.4) is 0 Å². The minimum atomic E-state index is -0.835. The molecule has 6 heteroatoms. The lowest BCUT2D eigenvalue weighted by Gasteiger charge is -2.16. The van der Waals surface area contributed by atoms with Gasteiger partial charge in [0.2, 0.25) is 5.91 Å². The highest BCUT2D eigenvalue weighted by Crippen LogP contribution is 2.21. The molecule has 0 aliphatic rings. The number of pyridine rings is 1. The van der Waals surface area contributed by atoms with E-state index in [1.807, 2.05) is 29.6 Å². The van der Waals surface area contributed by atoms with Crippen molar-refractivity contribution in [3.63, 3.8) is 0 Å². The maximum absolute atomic E-state index is 11.8. The topological polar surface area (TPSA) is 78.7 Å². The molecule has 0 saturated heterocycles. The largest absolute Gasteiger partial charge is 0.338 e. The zero-order chi connectivity index (χ0) is 15.3. The van der Waals surface area contributed by atoms with Crippen LogP contribution in [-0.4, -0.2) is 21.4 Å². The summed E-state index contributed by atoms with van der Waals surface area (Å²) in [6.07, 6.45) is 2.60. The van der Waals surface area contributed by atoms with E-state index in [0.717, 1.165) is 16.4 Å². The first-order valence-electron chi connectivity index (χ1n) is 6.58. The number of thiazole rings is 1. The molecule has 5 nitrogen and oxygen atoms in total. The number of nitrogens with one attached hydrogen (secondary N) is 1. The Balaban J connectivity index is 1.92. The molecule has 2 rings (SSSR count). The van der Waals surface area contributed by atoms with Crippen molar-refractivity contribution < 1.29 is 4.79 Å². The van der Waals surface area contributed by atoms with Crippen molar-refractivity contribution in [2.24, 2.45) is 0 Å². The predicted molar refractivity (Wildman–Crippen MR) is 81.5 cm³/mol. The Morgan fingerprint density at radius 1 is 1.48 bits per heavy atom. The summed E-state index contributed by atoms with van der Waals surface area (Å²) in [4.78, 5) is 20.5. The second kappa shape index (κ2) is 6.46. The van der Waals surface area contributed by atoms with Crippen LogP contribution in [0.2, 0.25) is 0 Å². The fourth-order valence-corrected chi connectivity index (χ4v) is 2.54. The van der Waals surface area contributed by atoms with Crippen LogP contribution in [0.5, 0.6) is 0 Å². The van der Waals surface area contributed by atoms with Crippen LogP contribution in [0.1, 0.15) is 26.0 Å². The smallest absolute Gasteiger partial charge is 0.221 e. The zero-order valence-electron chi connectivity index (χ0n) is 12.0. The van der Waals surface area contributed by atoms with Crippen LogP contribution in [-0.2, 0) is 11.2 Å². The van der Waals surface area contributed by atoms with Crippen LogP contribution in [0, 0.1) is 11.3 Å². The zero-order valence-corrected chi connectivity index (χ0v) is 12.8. The maximum Gasteiger partial charge on any atom is 0.221 e. The lowest BCUT2D eigenvalue weighted by molar-refractivity contribution is -0.122. The number of amides is 1. The van der Waals surface area contributed by atoms with Gasteiger partial charge in [0.25, 0.3) is 0 Å². The van der Waals surface area contributed by atoms with Gasteiger partial charge in [0.1, 0.15) is 10.5 Å². The molecule has 0 saturated carbocycles. The number of rotatable bonds is 5. The van der Waals surface area contributed by atoms with Crippen molar-refractivity contribution in [2.45, 2.75) is 32.2 Å². The summed E-state index contributed by atoms with van der Waals surface area (Å²) < 4.78 is 0. The molecule has 0 fully saturated rings. The summed E-state index contributed by atoms with van der Waals surface area (Å²) in [5.74, 6) is -0.145. The van der Waals surface area contributed by atoms with Gasteiger partial charge in [-0.15, -0.1) is 11.3 Å². The quantitative estimate of drug-likeness (QED) is 0.920. The van der Waals surface area contributed by atoms with Crippen LogP contribution < -0.4 is 5.32 Å². The van der Waals surface area contributed by atoms with E-state index in [1.165, 1.54) is 11.3 Å². The Hall–Kier alpha value is -2.26. The second-order valence-corrected chi connectivity index (χ2v) is 6.00. The van der Waals surface area contributed by atoms with Crippen LogP contribution in [0.25, 0.3) is 10.7 Å². The average molecular weight is 300 g/mol. The molecule has 0 bridgehead atoms. The molecule has 0 aromatic carbocycles. The molecule has 21 heavy (non-hydrogen) atoms. The van der Waals surface area contributed by atoms with Crippen molar-refractivity contribution in [2.75, 3.05) is 0 Å². The monoisotopic (exact) mass is 300 g/mol. The molecule has 2 aromatic rings. The molecule has 2 heterocycles. The van der Waals surface area contributed by atoms with Crippen molar-refractivity contribution in [1.82, 2.24) is 15.3 Å². The molecule has 0 aliphatic heterocycles. The molecular formula is C15H16N4OS. The van der Waals surface area contributed by atoms with Gasteiger partial charge in [0.05, 0.1) is 17.5 Å². The van der Waals surface area contributed by atoms with E-state index in [-0.39, 0.29) is 5.91 Å². The lowest BCUT2D eigenvalue weighted by Crippen LogP contribution is -2.42. The van der Waals surface area contributed by atoms with Crippen LogP contribution in [0.15, 0.2) is 29.8 Å². The summed E-state index contributed by atoms with van der Waals surface area (Å²) in [5.41, 5.74) is 0.868. The third kappa shape index (κ3) is 4.36. The summed E-state index contributed by atoms with van der Waals surface area (Å²) in [6, 6.07) is 7.73. The number of hydrogen-bond acceptors (Lipinski definition) is 5. The summed E-state index contributed by atoms with van der Waals surface area (Å²) in [7, 11) is 0. The van der Waals surface area contributed by atoms with E-state index in [1.54, 1.807) is 20.0 Å². The molecular weight excluding hydrogens is 284 g/mol. The summed E-state index contributed by atoms with van der Waals surface area (Å²) >= 11 is 1.51. The highest BCUT2D eigenvalue weighted by atomic mass is 32.1. The highest BCUT2D eigenvalue weighted by Gasteiger charge is 2.19. The lowest BCUT2D eigenvalue weighted by atomic mass is 10.1. The average Bonchev–Trinajstić information content (AvgIpc) is 2.95. The molecule has 108 valence electrons. The van der Waals surface area contributed by atoms with Gasteiger partial charge < -0.3 is 5.32 Å². The summed E-state index contributed by atoms with van der Waals surface area (Å²) in [6.45, 7) is 3.35. The molecule has 0 atom stereocenters. The van der Waals surface area contributed by atoms with Gasteiger partial charge in [0, 0.05) is 18.0 Å². The van der Waals surface area contributed by atoms with E-state index in [2.05, 4.69) is 15.3 Å². The van der Waals surface area contributed by atoms with Gasteiger partial charge in [0.15, 0.2) is 0 Å². The maximum atomic E-state index is 11.8. The van der Waals surface area contributed by atoms with Crippen molar-refractivity contribution >= 4 is 17.2 Å². The van der Waals surface area contributed by atoms with Gasteiger partial charge in [-0.2, -0.15) is 5.26 Å². The van der Waals surface area contributed by atoms with Crippen LogP contribution >= 0.6 is 11.3 Å². The predicted octanol–water partition coefficient (Wildman–Crippen LogP) is 2.56. The van der Waals surface area contributed by atoms with E-state index in [4.69, 9.17) is 5.26 Å². The molecule has 0 spiro atoms. The van der Waals surface area contributed by atoms with E-state index >= 15 is 0 Å². The second-order valence-electron chi connectivity index (χ2n) is 5.14. The van der Waals surface area contributed by atoms with Gasteiger partial charge >= 0.3 is 0 Å². The number of aromatic nitrogens is 2. The fraction of sp³-hybridized carbons (Fsp3) is 0.333. The Bertz CT molecular complexity index is 658. The van der Waals surface area contributed by atoms with Gasteiger partial charge in [-0.3, -0.25) is 9.78 Å². The summed E-state index contributed by atoms with van der Waals surface area (Å²) in [5, 5.41) is 14.3. The van der Waals surface area contributed by atoms with E-state index in [0.29, 0.717) is 12.8 Å². The number of nitriles is 1. The number of nitrogens with zero attached hydrogens (tertiary/aromatic N) is 3. The number of carbonyl (C=O) groups excluding carboxylic acids is 1. The molecule has 1 amide bonds. The molecule has 0 radical (unpaired) electrons. The number of carbonyl (C=O) groups is 1. The normalized spacial score (nSPS) is 10.9. The van der Waals surface area contributed by atoms with Crippen molar-refractivity contribution in [3.8, 4) is 16.8 Å². The Morgan fingerprint density at radius 2 is 2.29 bits per heavy atom. The Kier molecular flexibility index (Phi) is 4.66. The molecule has 0 unspecified atom stereocenters. The van der Waals surface area contributed by atoms with Crippen molar-refractivity contribution in [3.05, 3.63) is 35.5 Å². The van der Waals surface area contributed by atoms with E-state index < -0.39 is 5.54 Å². The third-order valence-corrected chi connectivity index (χ3v) is 3.69. The van der Waals surface area contributed by atoms with Gasteiger partial charge in [-0.05, 0) is 32.4 Å². The SMILES string of the molecule is CC(C)(C#N)NC(=O)CCc1csc(-c2ccccn2)n1. The Morgan fingerprint density at radius 3 is 2.95 bits per heavy atom. The minimum Gasteiger partial charge on any atom is -0.338 e. The molecule has 1 N–H and O–H groups in total. The molecule has 2 aromatic heterocycles. The highest BCUT2D eigenvalue weighted by molar-refractivity contribution is 7.13. The molecule has 0 aliphatic carbocycles. The van der Waals surface area contributed by atoms with Gasteiger partial charge in [-0.25, -0.2) is 4.98 Å². The standard InChI is InChI=1S/C15H16N4OS/c1-15(2,10-16)19-13(20)7-6-11-9-21-14(18-11)12-5-3-4-8-17-12/h3-5,8-9H,6-7H2,1-2H3,(H,19,20). The first-order chi connectivity index (χ1) is 10.00.